The van der Waals surface area contributed by atoms with E-state index in [4.69, 9.17) is 11.6 Å². The van der Waals surface area contributed by atoms with Crippen molar-refractivity contribution in [1.82, 2.24) is 5.01 Å². The van der Waals surface area contributed by atoms with Gasteiger partial charge in [-0.1, -0.05) is 11.6 Å². The Labute approximate surface area is 66.0 Å². The standard InChI is InChI=1S/C3H8N2.C2H6ClNO/c4-5-2-1-3-5;1-2(3)5-4/h1-4H2;2H,4H2,1H3/p+1. The second-order valence-electron chi connectivity index (χ2n) is 2.15. The first-order valence-electron chi connectivity index (χ1n) is 3.22. The minimum absolute atomic E-state index is 0.366. The highest BCUT2D eigenvalue weighted by Gasteiger charge is 2.09. The summed E-state index contributed by atoms with van der Waals surface area (Å²) in [5, 5.41) is 2.06. The van der Waals surface area contributed by atoms with E-state index in [2.05, 4.69) is 21.6 Å². The number of hydrogen-bond acceptors (Lipinski definition) is 3. The Bertz CT molecular complexity index is 73.3. The van der Waals surface area contributed by atoms with Crippen LogP contribution in [0.4, 0.5) is 0 Å². The fourth-order valence-corrected chi connectivity index (χ4v) is 0.382. The fourth-order valence-electron chi connectivity index (χ4n) is 0.382. The average molecular weight is 169 g/mol. The lowest BCUT2D eigenvalue weighted by atomic mass is 10.3. The highest BCUT2D eigenvalue weighted by Crippen LogP contribution is 1.93. The first kappa shape index (κ1) is 10.1. The molecule has 0 radical (unpaired) electrons. The molecule has 0 aromatic rings. The van der Waals surface area contributed by atoms with Gasteiger partial charge in [0.2, 0.25) is 0 Å². The molecule has 5 N–H and O–H groups in total. The molecule has 10 heavy (non-hydrogen) atoms. The lowest BCUT2D eigenvalue weighted by molar-refractivity contribution is -0.591. The van der Waals surface area contributed by atoms with Crippen molar-refractivity contribution in [2.75, 3.05) is 13.1 Å². The van der Waals surface area contributed by atoms with Crippen molar-refractivity contribution in [2.24, 2.45) is 5.90 Å². The van der Waals surface area contributed by atoms with Crippen LogP contribution in [-0.2, 0) is 4.84 Å². The van der Waals surface area contributed by atoms with E-state index in [1.54, 1.807) is 6.92 Å². The van der Waals surface area contributed by atoms with Gasteiger partial charge >= 0.3 is 0 Å². The first-order chi connectivity index (χ1) is 4.66. The average Bonchev–Trinajstić information content (AvgIpc) is 1.85. The van der Waals surface area contributed by atoms with E-state index in [0.717, 1.165) is 0 Å². The van der Waals surface area contributed by atoms with Crippen molar-refractivity contribution in [3.8, 4) is 0 Å². The van der Waals surface area contributed by atoms with Crippen LogP contribution < -0.4 is 11.7 Å². The van der Waals surface area contributed by atoms with Gasteiger partial charge in [0.15, 0.2) is 0 Å². The minimum atomic E-state index is -0.366. The summed E-state index contributed by atoms with van der Waals surface area (Å²) in [5.74, 6) is 8.22. The molecule has 1 saturated heterocycles. The summed E-state index contributed by atoms with van der Waals surface area (Å²) in [6, 6.07) is 0. The smallest absolute Gasteiger partial charge is 0.149 e. The van der Waals surface area contributed by atoms with Gasteiger partial charge in [-0.2, -0.15) is 5.01 Å². The Hall–Kier alpha value is 0.130. The maximum Gasteiger partial charge on any atom is 0.149 e. The Kier molecular flexibility index (Phi) is 5.96. The predicted octanol–water partition coefficient (Wildman–Crippen LogP) is -0.689. The SMILES string of the molecule is CC(Cl)ON.[NH3+]N1CCC1. The van der Waals surface area contributed by atoms with E-state index in [0.29, 0.717) is 0 Å². The third-order valence-electron chi connectivity index (χ3n) is 1.14. The third-order valence-corrected chi connectivity index (χ3v) is 1.24. The maximum absolute atomic E-state index is 5.11. The van der Waals surface area contributed by atoms with E-state index in [-0.39, 0.29) is 5.56 Å². The molecule has 1 rings (SSSR count). The first-order valence-corrected chi connectivity index (χ1v) is 3.65. The van der Waals surface area contributed by atoms with Crippen LogP contribution in [0.15, 0.2) is 0 Å². The predicted molar refractivity (Wildman–Crippen MR) is 39.7 cm³/mol. The summed E-state index contributed by atoms with van der Waals surface area (Å²) >= 11 is 5.11. The van der Waals surface area contributed by atoms with Gasteiger partial charge in [-0.05, 0) is 13.3 Å². The van der Waals surface area contributed by atoms with Crippen molar-refractivity contribution in [3.63, 3.8) is 0 Å². The van der Waals surface area contributed by atoms with Crippen LogP contribution in [0.2, 0.25) is 0 Å². The number of halogens is 1. The van der Waals surface area contributed by atoms with Gasteiger partial charge in [0, 0.05) is 13.1 Å². The van der Waals surface area contributed by atoms with Gasteiger partial charge in [0.1, 0.15) is 5.56 Å². The molecule has 4 nitrogen and oxygen atoms in total. The molecule has 1 atom stereocenters. The van der Waals surface area contributed by atoms with Crippen molar-refractivity contribution >= 4 is 11.6 Å². The van der Waals surface area contributed by atoms with Crippen molar-refractivity contribution in [1.29, 1.82) is 0 Å². The number of rotatable bonds is 1. The van der Waals surface area contributed by atoms with Gasteiger partial charge in [0.25, 0.3) is 0 Å². The van der Waals surface area contributed by atoms with Crippen LogP contribution in [0.3, 0.4) is 0 Å². The molecule has 0 bridgehead atoms. The molecule has 0 aliphatic carbocycles. The van der Waals surface area contributed by atoms with Crippen LogP contribution in [0.25, 0.3) is 0 Å². The number of nitrogens with zero attached hydrogens (tertiary/aromatic N) is 1. The quantitative estimate of drug-likeness (QED) is 0.403. The molecule has 1 aliphatic rings. The van der Waals surface area contributed by atoms with E-state index in [1.807, 2.05) is 0 Å². The molecule has 0 aromatic carbocycles. The Balaban J connectivity index is 0.000000162. The lowest BCUT2D eigenvalue weighted by Crippen LogP contribution is -2.72. The van der Waals surface area contributed by atoms with Crippen LogP contribution in [-0.4, -0.2) is 23.7 Å². The zero-order chi connectivity index (χ0) is 7.98. The molecule has 5 heteroatoms. The highest BCUT2D eigenvalue weighted by molar-refractivity contribution is 6.19. The van der Waals surface area contributed by atoms with E-state index in [9.17, 15) is 0 Å². The lowest BCUT2D eigenvalue weighted by Gasteiger charge is -2.19. The van der Waals surface area contributed by atoms with Crippen LogP contribution >= 0.6 is 11.6 Å². The van der Waals surface area contributed by atoms with Crippen molar-refractivity contribution in [3.05, 3.63) is 0 Å². The summed E-state index contributed by atoms with van der Waals surface area (Å²) in [5.41, 5.74) is -0.366. The second kappa shape index (κ2) is 5.88. The van der Waals surface area contributed by atoms with Gasteiger partial charge in [-0.25, -0.2) is 5.90 Å². The summed E-state index contributed by atoms with van der Waals surface area (Å²) in [6.45, 7) is 4.06. The van der Waals surface area contributed by atoms with Crippen LogP contribution in [0.1, 0.15) is 13.3 Å². The van der Waals surface area contributed by atoms with E-state index in [1.165, 1.54) is 19.5 Å². The topological polar surface area (TPSA) is 66.1 Å². The molecule has 1 unspecified atom stereocenters. The molecule has 0 saturated carbocycles. The van der Waals surface area contributed by atoms with Gasteiger partial charge in [-0.3, -0.25) is 10.7 Å². The second-order valence-corrected chi connectivity index (χ2v) is 2.77. The Morgan fingerprint density at radius 2 is 2.00 bits per heavy atom. The summed E-state index contributed by atoms with van der Waals surface area (Å²) in [7, 11) is 0. The normalized spacial score (nSPS) is 20.4. The zero-order valence-electron chi connectivity index (χ0n) is 6.22. The monoisotopic (exact) mass is 168 g/mol. The molecule has 1 aliphatic heterocycles. The molecule has 0 aromatic heterocycles. The summed E-state index contributed by atoms with van der Waals surface area (Å²) in [6.07, 6.45) is 1.35. The number of hydrogen-bond donors (Lipinski definition) is 2. The zero-order valence-corrected chi connectivity index (χ0v) is 6.97. The Morgan fingerprint density at radius 3 is 2.00 bits per heavy atom. The van der Waals surface area contributed by atoms with Crippen molar-refractivity contribution in [2.45, 2.75) is 18.9 Å². The van der Waals surface area contributed by atoms with Crippen LogP contribution in [0.5, 0.6) is 0 Å². The fraction of sp³-hybridized carbons (Fsp3) is 1.00. The summed E-state index contributed by atoms with van der Waals surface area (Å²) in [4.78, 5) is 4.02. The number of nitrogens with two attached hydrogens (primary N) is 1. The summed E-state index contributed by atoms with van der Waals surface area (Å²) < 4.78 is 0. The number of alkyl halides is 1. The van der Waals surface area contributed by atoms with Gasteiger partial charge < -0.3 is 0 Å². The van der Waals surface area contributed by atoms with Crippen molar-refractivity contribution < 1.29 is 10.7 Å². The van der Waals surface area contributed by atoms with Crippen LogP contribution in [0, 0.1) is 0 Å². The highest BCUT2D eigenvalue weighted by atomic mass is 35.5. The molecule has 1 heterocycles. The molecule has 0 spiro atoms. The largest absolute Gasteiger partial charge is 0.286 e. The third kappa shape index (κ3) is 6.25. The minimum Gasteiger partial charge on any atom is -0.286 e. The maximum atomic E-state index is 5.11. The van der Waals surface area contributed by atoms with Gasteiger partial charge in [-0.15, -0.1) is 0 Å². The molecule has 0 amide bonds. The van der Waals surface area contributed by atoms with E-state index < -0.39 is 0 Å². The van der Waals surface area contributed by atoms with Gasteiger partial charge in [0.05, 0.1) is 0 Å². The molecule has 62 valence electrons. The van der Waals surface area contributed by atoms with E-state index >= 15 is 0 Å². The molecule has 1 fully saturated rings. The number of quaternary nitrogens is 1. The Morgan fingerprint density at radius 1 is 1.70 bits per heavy atom. The molecular weight excluding hydrogens is 154 g/mol. The molecular formula is C5H15ClN3O+.